The lowest BCUT2D eigenvalue weighted by Gasteiger charge is -2.58. The summed E-state index contributed by atoms with van der Waals surface area (Å²) in [5.74, 6) is 0.616. The predicted molar refractivity (Wildman–Crippen MR) is 137 cm³/mol. The lowest BCUT2D eigenvalue weighted by Crippen LogP contribution is -2.81. The van der Waals surface area contributed by atoms with Crippen molar-refractivity contribution in [3.63, 3.8) is 0 Å². The number of hydrogen-bond donors (Lipinski definition) is 1. The van der Waals surface area contributed by atoms with Crippen LogP contribution in [0.5, 0.6) is 5.75 Å². The highest BCUT2D eigenvalue weighted by Gasteiger charge is 2.64. The monoisotopic (exact) mass is 506 g/mol. The molecule has 37 heavy (non-hydrogen) atoms. The summed E-state index contributed by atoms with van der Waals surface area (Å²) in [5, 5.41) is 12.6. The molecule has 0 radical (unpaired) electrons. The van der Waals surface area contributed by atoms with E-state index in [0.29, 0.717) is 58.5 Å². The van der Waals surface area contributed by atoms with Crippen LogP contribution in [0, 0.1) is 0 Å². The molecule has 0 saturated carbocycles. The number of imide groups is 1. The summed E-state index contributed by atoms with van der Waals surface area (Å²) in [6.45, 7) is 3.70. The van der Waals surface area contributed by atoms with Crippen molar-refractivity contribution in [1.82, 2.24) is 19.6 Å². The average Bonchev–Trinajstić information content (AvgIpc) is 3.47. The molecule has 9 nitrogen and oxygen atoms in total. The Balaban J connectivity index is 1.19. The summed E-state index contributed by atoms with van der Waals surface area (Å²) < 4.78 is 5.53. The number of benzene rings is 2. The quantitative estimate of drug-likeness (QED) is 0.565. The lowest BCUT2D eigenvalue weighted by molar-refractivity contribution is -0.180. The van der Waals surface area contributed by atoms with Gasteiger partial charge in [-0.3, -0.25) is 29.1 Å². The summed E-state index contributed by atoms with van der Waals surface area (Å²) in [4.78, 5) is 46.6. The van der Waals surface area contributed by atoms with Gasteiger partial charge in [-0.05, 0) is 36.3 Å². The van der Waals surface area contributed by atoms with Crippen molar-refractivity contribution < 1.29 is 24.2 Å². The third-order valence-electron chi connectivity index (χ3n) is 8.56. The molecule has 0 aliphatic carbocycles. The summed E-state index contributed by atoms with van der Waals surface area (Å²) in [6.07, 6.45) is 1.78. The van der Waals surface area contributed by atoms with Crippen molar-refractivity contribution in [2.24, 2.45) is 0 Å². The zero-order valence-corrected chi connectivity index (χ0v) is 21.3. The van der Waals surface area contributed by atoms with Crippen LogP contribution in [0.15, 0.2) is 36.4 Å². The number of carbonyl (C=O) groups excluding carboxylic acids is 3. The SMILES string of the molecule is COc1ccc(CN2CC3(C2)C(=O)N(CCCN2CCCC2=O)C(=O)[C@@H]2C[C@@H](O)CN23)c2ccccc12. The Bertz CT molecular complexity index is 1240. The number of nitrogens with zero attached hydrogens (tertiary/aromatic N) is 4. The number of amides is 3. The van der Waals surface area contributed by atoms with Gasteiger partial charge in [0.05, 0.1) is 19.3 Å². The van der Waals surface area contributed by atoms with E-state index < -0.39 is 17.7 Å². The zero-order valence-electron chi connectivity index (χ0n) is 21.3. The van der Waals surface area contributed by atoms with Crippen LogP contribution in [0.3, 0.4) is 0 Å². The first-order chi connectivity index (χ1) is 17.9. The van der Waals surface area contributed by atoms with Gasteiger partial charge in [0.1, 0.15) is 11.3 Å². The number of β-amino-alcohol motifs (C(OH)–C–C–N with tert-alkyl or cyclic N) is 1. The molecule has 1 spiro atoms. The van der Waals surface area contributed by atoms with Crippen molar-refractivity contribution >= 4 is 28.5 Å². The third kappa shape index (κ3) is 4.00. The van der Waals surface area contributed by atoms with Gasteiger partial charge in [-0.1, -0.05) is 30.3 Å². The summed E-state index contributed by atoms with van der Waals surface area (Å²) in [7, 11) is 1.67. The molecular formula is C28H34N4O5. The fourth-order valence-electron chi connectivity index (χ4n) is 6.76. The standard InChI is InChI=1S/C28H34N4O5/c1-37-24-10-9-19(21-6-2-3-7-22(21)24)15-29-17-28(18-29)27(36)31(13-5-12-30-11-4-8-25(30)34)26(35)23-14-20(33)16-32(23)28/h2-3,6-7,9-10,20,23,33H,4-5,8,11-18H2,1H3/t20-,23+/m1/s1. The largest absolute Gasteiger partial charge is 0.496 e. The highest BCUT2D eigenvalue weighted by molar-refractivity contribution is 6.06. The molecule has 4 aliphatic heterocycles. The van der Waals surface area contributed by atoms with E-state index in [4.69, 9.17) is 4.74 Å². The molecule has 4 saturated heterocycles. The molecule has 1 N–H and O–H groups in total. The summed E-state index contributed by atoms with van der Waals surface area (Å²) in [5.41, 5.74) is 0.373. The van der Waals surface area contributed by atoms with Gasteiger partial charge < -0.3 is 14.7 Å². The molecule has 4 fully saturated rings. The number of rotatable bonds is 7. The third-order valence-corrected chi connectivity index (χ3v) is 8.56. The van der Waals surface area contributed by atoms with Gasteiger partial charge in [-0.15, -0.1) is 0 Å². The number of methoxy groups -OCH3 is 1. The molecule has 9 heteroatoms. The lowest BCUT2D eigenvalue weighted by atomic mass is 9.82. The number of fused-ring (bicyclic) bond motifs is 3. The Labute approximate surface area is 216 Å². The first-order valence-electron chi connectivity index (χ1n) is 13.3. The number of hydrogen-bond acceptors (Lipinski definition) is 7. The molecule has 2 atom stereocenters. The van der Waals surface area contributed by atoms with E-state index in [1.165, 1.54) is 4.90 Å². The van der Waals surface area contributed by atoms with Gasteiger partial charge in [0.25, 0.3) is 5.91 Å². The van der Waals surface area contributed by atoms with Crippen molar-refractivity contribution in [3.05, 3.63) is 42.0 Å². The van der Waals surface area contributed by atoms with Crippen molar-refractivity contribution in [2.45, 2.75) is 49.9 Å². The van der Waals surface area contributed by atoms with Gasteiger partial charge in [0.15, 0.2) is 0 Å². The molecule has 4 aliphatic rings. The Morgan fingerprint density at radius 2 is 1.84 bits per heavy atom. The average molecular weight is 507 g/mol. The topological polar surface area (TPSA) is 93.6 Å². The van der Waals surface area contributed by atoms with E-state index in [1.54, 1.807) is 7.11 Å². The molecule has 4 heterocycles. The molecule has 2 aromatic carbocycles. The van der Waals surface area contributed by atoms with Gasteiger partial charge in [-0.2, -0.15) is 0 Å². The zero-order chi connectivity index (χ0) is 25.7. The Morgan fingerprint density at radius 1 is 1.05 bits per heavy atom. The van der Waals surface area contributed by atoms with Crippen molar-refractivity contribution in [1.29, 1.82) is 0 Å². The second-order valence-electron chi connectivity index (χ2n) is 10.8. The van der Waals surface area contributed by atoms with Crippen LogP contribution in [-0.2, 0) is 20.9 Å². The van der Waals surface area contributed by atoms with Crippen LogP contribution in [0.1, 0.15) is 31.2 Å². The second-order valence-corrected chi connectivity index (χ2v) is 10.8. The Morgan fingerprint density at radius 3 is 2.57 bits per heavy atom. The molecular weight excluding hydrogens is 472 g/mol. The Kier molecular flexibility index (Phi) is 6.17. The van der Waals surface area contributed by atoms with Crippen molar-refractivity contribution in [3.8, 4) is 5.75 Å². The molecule has 0 unspecified atom stereocenters. The van der Waals surface area contributed by atoms with E-state index in [1.807, 2.05) is 28.0 Å². The molecule has 0 bridgehead atoms. The highest BCUT2D eigenvalue weighted by atomic mass is 16.5. The van der Waals surface area contributed by atoms with Crippen LogP contribution in [0.4, 0.5) is 0 Å². The highest BCUT2D eigenvalue weighted by Crippen LogP contribution is 2.41. The van der Waals surface area contributed by atoms with E-state index in [2.05, 4.69) is 23.1 Å². The fourth-order valence-corrected chi connectivity index (χ4v) is 6.76. The number of piperazine rings is 1. The minimum absolute atomic E-state index is 0.151. The van der Waals surface area contributed by atoms with Gasteiger partial charge in [0, 0.05) is 57.6 Å². The number of ether oxygens (including phenoxy) is 1. The number of aliphatic hydroxyl groups is 1. The number of carbonyl (C=O) groups is 3. The minimum atomic E-state index is -0.790. The molecule has 2 aromatic rings. The first kappa shape index (κ1) is 24.3. The van der Waals surface area contributed by atoms with E-state index in [9.17, 15) is 19.5 Å². The number of likely N-dealkylation sites (tertiary alicyclic amines) is 2. The molecule has 6 rings (SSSR count). The summed E-state index contributed by atoms with van der Waals surface area (Å²) >= 11 is 0. The van der Waals surface area contributed by atoms with Crippen LogP contribution in [0.25, 0.3) is 10.8 Å². The molecule has 196 valence electrons. The molecule has 0 aromatic heterocycles. The van der Waals surface area contributed by atoms with Gasteiger partial charge in [-0.25, -0.2) is 0 Å². The van der Waals surface area contributed by atoms with Crippen LogP contribution < -0.4 is 4.74 Å². The maximum atomic E-state index is 13.8. The summed E-state index contributed by atoms with van der Waals surface area (Å²) in [6, 6.07) is 11.7. The molecule has 3 amide bonds. The fraction of sp³-hybridized carbons (Fsp3) is 0.536. The van der Waals surface area contributed by atoms with Crippen molar-refractivity contribution in [2.75, 3.05) is 46.4 Å². The maximum Gasteiger partial charge on any atom is 0.252 e. The van der Waals surface area contributed by atoms with E-state index in [-0.39, 0.29) is 17.7 Å². The predicted octanol–water partition coefficient (Wildman–Crippen LogP) is 1.22. The first-order valence-corrected chi connectivity index (χ1v) is 13.3. The minimum Gasteiger partial charge on any atom is -0.496 e. The second kappa shape index (κ2) is 9.38. The maximum absolute atomic E-state index is 13.8. The van der Waals surface area contributed by atoms with Crippen LogP contribution in [0.2, 0.25) is 0 Å². The van der Waals surface area contributed by atoms with Gasteiger partial charge in [0.2, 0.25) is 11.8 Å². The normalized spacial score (nSPS) is 25.8. The number of aliphatic hydroxyl groups excluding tert-OH is 1. The van der Waals surface area contributed by atoms with E-state index >= 15 is 0 Å². The smallest absolute Gasteiger partial charge is 0.252 e. The van der Waals surface area contributed by atoms with Crippen LogP contribution in [-0.4, -0.2) is 106 Å². The Hall–Kier alpha value is -3.01. The van der Waals surface area contributed by atoms with E-state index in [0.717, 1.165) is 35.1 Å². The van der Waals surface area contributed by atoms with Gasteiger partial charge >= 0.3 is 0 Å². The van der Waals surface area contributed by atoms with Crippen LogP contribution >= 0.6 is 0 Å².